The first-order chi connectivity index (χ1) is 12.4. The molecule has 0 aromatic heterocycles. The van der Waals surface area contributed by atoms with Crippen molar-refractivity contribution in [3.63, 3.8) is 0 Å². The molecular formula is C20H32N4O2. The highest BCUT2D eigenvalue weighted by molar-refractivity contribution is 5.82. The van der Waals surface area contributed by atoms with E-state index in [1.54, 1.807) is 0 Å². The fourth-order valence-electron chi connectivity index (χ4n) is 3.38. The van der Waals surface area contributed by atoms with E-state index < -0.39 is 0 Å². The number of likely N-dealkylation sites (tertiary alicyclic amines) is 1. The molecule has 1 fully saturated rings. The molecule has 1 saturated heterocycles. The fourth-order valence-corrected chi connectivity index (χ4v) is 3.38. The Morgan fingerprint density at radius 2 is 2.08 bits per heavy atom. The zero-order valence-corrected chi connectivity index (χ0v) is 16.7. The molecule has 0 bridgehead atoms. The van der Waals surface area contributed by atoms with E-state index >= 15 is 0 Å². The number of benzene rings is 1. The highest BCUT2D eigenvalue weighted by Crippen LogP contribution is 2.24. The van der Waals surface area contributed by atoms with Gasteiger partial charge < -0.3 is 19.9 Å². The summed E-state index contributed by atoms with van der Waals surface area (Å²) in [4.78, 5) is 21.1. The van der Waals surface area contributed by atoms with Crippen LogP contribution in [0.4, 0.5) is 0 Å². The average Bonchev–Trinajstić information content (AvgIpc) is 2.99. The first-order valence-corrected chi connectivity index (χ1v) is 9.28. The van der Waals surface area contributed by atoms with Crippen molar-refractivity contribution in [2.24, 2.45) is 16.8 Å². The third kappa shape index (κ3) is 5.46. The molecular weight excluding hydrogens is 328 g/mol. The standard InChI is InChI=1S/C20H32N4O2/c1-6-21-20(24-12-15(2)18(14-24)19(25)26-5)22-11-16-8-7-9-17(10-16)13-23(3)4/h7-10,15,18H,6,11-14H2,1-5H3,(H,21,22). The Balaban J connectivity index is 2.09. The third-order valence-corrected chi connectivity index (χ3v) is 4.65. The van der Waals surface area contributed by atoms with Crippen LogP contribution >= 0.6 is 0 Å². The molecule has 6 nitrogen and oxygen atoms in total. The van der Waals surface area contributed by atoms with E-state index in [2.05, 4.69) is 67.3 Å². The number of esters is 1. The maximum atomic E-state index is 11.9. The SMILES string of the molecule is CCNC(=NCc1cccc(CN(C)C)c1)N1CC(C)C(C(=O)OC)C1. The fraction of sp³-hybridized carbons (Fsp3) is 0.600. The second-order valence-electron chi connectivity index (χ2n) is 7.24. The molecule has 2 unspecified atom stereocenters. The van der Waals surface area contributed by atoms with Crippen LogP contribution in [-0.4, -0.2) is 62.6 Å². The number of nitrogens with one attached hydrogen (secondary N) is 1. The molecule has 1 aromatic carbocycles. The summed E-state index contributed by atoms with van der Waals surface area (Å²) < 4.78 is 4.94. The molecule has 0 spiro atoms. The van der Waals surface area contributed by atoms with Gasteiger partial charge >= 0.3 is 5.97 Å². The van der Waals surface area contributed by atoms with Crippen molar-refractivity contribution in [3.05, 3.63) is 35.4 Å². The quantitative estimate of drug-likeness (QED) is 0.477. The lowest BCUT2D eigenvalue weighted by molar-refractivity contribution is -0.145. The average molecular weight is 361 g/mol. The Morgan fingerprint density at radius 3 is 2.73 bits per heavy atom. The predicted molar refractivity (Wildman–Crippen MR) is 105 cm³/mol. The van der Waals surface area contributed by atoms with Gasteiger partial charge in [-0.2, -0.15) is 0 Å². The number of methoxy groups -OCH3 is 1. The number of aliphatic imine (C=N–C) groups is 1. The molecule has 26 heavy (non-hydrogen) atoms. The largest absolute Gasteiger partial charge is 0.469 e. The van der Waals surface area contributed by atoms with Gasteiger partial charge in [0.25, 0.3) is 0 Å². The highest BCUT2D eigenvalue weighted by atomic mass is 16.5. The van der Waals surface area contributed by atoms with Gasteiger partial charge in [-0.1, -0.05) is 31.2 Å². The van der Waals surface area contributed by atoms with Crippen molar-refractivity contribution in [3.8, 4) is 0 Å². The number of nitrogens with zero attached hydrogens (tertiary/aromatic N) is 3. The molecule has 2 rings (SSSR count). The van der Waals surface area contributed by atoms with Crippen molar-refractivity contribution in [2.45, 2.75) is 26.9 Å². The first-order valence-electron chi connectivity index (χ1n) is 9.28. The monoisotopic (exact) mass is 360 g/mol. The second-order valence-corrected chi connectivity index (χ2v) is 7.24. The minimum absolute atomic E-state index is 0.0905. The van der Waals surface area contributed by atoms with E-state index in [0.29, 0.717) is 13.1 Å². The van der Waals surface area contributed by atoms with Gasteiger partial charge in [0.2, 0.25) is 0 Å². The molecule has 2 atom stereocenters. The van der Waals surface area contributed by atoms with Crippen molar-refractivity contribution in [2.75, 3.05) is 40.8 Å². The number of hydrogen-bond acceptors (Lipinski definition) is 4. The lowest BCUT2D eigenvalue weighted by Gasteiger charge is -2.21. The van der Waals surface area contributed by atoms with Crippen molar-refractivity contribution in [1.82, 2.24) is 15.1 Å². The number of carbonyl (C=O) groups is 1. The van der Waals surface area contributed by atoms with Crippen LogP contribution in [0.3, 0.4) is 0 Å². The molecule has 1 aliphatic heterocycles. The Bertz CT molecular complexity index is 630. The van der Waals surface area contributed by atoms with Crippen LogP contribution in [0.15, 0.2) is 29.3 Å². The zero-order valence-electron chi connectivity index (χ0n) is 16.7. The number of hydrogen-bond donors (Lipinski definition) is 1. The lowest BCUT2D eigenvalue weighted by atomic mass is 9.99. The van der Waals surface area contributed by atoms with Crippen LogP contribution in [0.5, 0.6) is 0 Å². The Labute approximate surface area is 157 Å². The Morgan fingerprint density at radius 1 is 1.35 bits per heavy atom. The van der Waals surface area contributed by atoms with Crippen LogP contribution in [0.1, 0.15) is 25.0 Å². The maximum Gasteiger partial charge on any atom is 0.310 e. The van der Waals surface area contributed by atoms with E-state index in [9.17, 15) is 4.79 Å². The summed E-state index contributed by atoms with van der Waals surface area (Å²) in [7, 11) is 5.60. The van der Waals surface area contributed by atoms with E-state index in [1.807, 2.05) is 0 Å². The predicted octanol–water partition coefficient (Wildman–Crippen LogP) is 1.95. The maximum absolute atomic E-state index is 11.9. The summed E-state index contributed by atoms with van der Waals surface area (Å²) in [6, 6.07) is 8.54. The minimum atomic E-state index is -0.132. The van der Waals surface area contributed by atoms with E-state index in [1.165, 1.54) is 18.2 Å². The van der Waals surface area contributed by atoms with Gasteiger partial charge in [-0.05, 0) is 38.1 Å². The van der Waals surface area contributed by atoms with Crippen LogP contribution in [0.2, 0.25) is 0 Å². The molecule has 0 aliphatic carbocycles. The molecule has 1 aromatic rings. The smallest absolute Gasteiger partial charge is 0.310 e. The summed E-state index contributed by atoms with van der Waals surface area (Å²) in [6.45, 7) is 7.96. The second kappa shape index (κ2) is 9.57. The van der Waals surface area contributed by atoms with Gasteiger partial charge in [-0.3, -0.25) is 4.79 Å². The number of carbonyl (C=O) groups excluding carboxylic acids is 1. The summed E-state index contributed by atoms with van der Waals surface area (Å²) in [5.74, 6) is 0.901. The summed E-state index contributed by atoms with van der Waals surface area (Å²) in [6.07, 6.45) is 0. The lowest BCUT2D eigenvalue weighted by Crippen LogP contribution is -2.40. The van der Waals surface area contributed by atoms with E-state index in [0.717, 1.165) is 25.6 Å². The first kappa shape index (κ1) is 20.2. The van der Waals surface area contributed by atoms with Crippen LogP contribution in [0, 0.1) is 11.8 Å². The van der Waals surface area contributed by atoms with Gasteiger partial charge in [-0.15, -0.1) is 0 Å². The Kier molecular flexibility index (Phi) is 7.45. The van der Waals surface area contributed by atoms with Crippen molar-refractivity contribution < 1.29 is 9.53 Å². The van der Waals surface area contributed by atoms with Crippen LogP contribution in [0.25, 0.3) is 0 Å². The van der Waals surface area contributed by atoms with Crippen molar-refractivity contribution >= 4 is 11.9 Å². The van der Waals surface area contributed by atoms with Gasteiger partial charge in [0.1, 0.15) is 0 Å². The van der Waals surface area contributed by atoms with Gasteiger partial charge in [0, 0.05) is 26.2 Å². The molecule has 1 N–H and O–H groups in total. The summed E-state index contributed by atoms with van der Waals surface area (Å²) >= 11 is 0. The summed E-state index contributed by atoms with van der Waals surface area (Å²) in [5.41, 5.74) is 2.48. The molecule has 0 saturated carbocycles. The third-order valence-electron chi connectivity index (χ3n) is 4.65. The van der Waals surface area contributed by atoms with E-state index in [-0.39, 0.29) is 17.8 Å². The summed E-state index contributed by atoms with van der Waals surface area (Å²) in [5, 5.41) is 3.36. The highest BCUT2D eigenvalue weighted by Gasteiger charge is 2.36. The van der Waals surface area contributed by atoms with Gasteiger partial charge in [-0.25, -0.2) is 4.99 Å². The zero-order chi connectivity index (χ0) is 19.1. The number of ether oxygens (including phenoxy) is 1. The molecule has 144 valence electrons. The minimum Gasteiger partial charge on any atom is -0.469 e. The molecule has 1 aliphatic rings. The van der Waals surface area contributed by atoms with Gasteiger partial charge in [0.15, 0.2) is 5.96 Å². The normalized spacial score (nSPS) is 20.5. The molecule has 0 amide bonds. The van der Waals surface area contributed by atoms with Crippen molar-refractivity contribution in [1.29, 1.82) is 0 Å². The topological polar surface area (TPSA) is 57.2 Å². The molecule has 1 heterocycles. The van der Waals surface area contributed by atoms with E-state index in [4.69, 9.17) is 9.73 Å². The number of guanidine groups is 1. The Hall–Kier alpha value is -2.08. The molecule has 6 heteroatoms. The van der Waals surface area contributed by atoms with Crippen LogP contribution < -0.4 is 5.32 Å². The van der Waals surface area contributed by atoms with Gasteiger partial charge in [0.05, 0.1) is 19.6 Å². The number of rotatable bonds is 6. The van der Waals surface area contributed by atoms with Crippen LogP contribution in [-0.2, 0) is 22.6 Å². The molecule has 0 radical (unpaired) electrons.